The van der Waals surface area contributed by atoms with E-state index in [-0.39, 0.29) is 17.9 Å². The Morgan fingerprint density at radius 1 is 1.29 bits per heavy atom. The summed E-state index contributed by atoms with van der Waals surface area (Å²) in [6, 6.07) is 3.34. The number of hydrogen-bond donors (Lipinski definition) is 1. The molecule has 0 unspecified atom stereocenters. The average molecular weight is 317 g/mol. The minimum Gasteiger partial charge on any atom is -0.465 e. The number of esters is 1. The van der Waals surface area contributed by atoms with E-state index in [1.165, 1.54) is 0 Å². The Kier molecular flexibility index (Phi) is 5.98. The first-order valence-electron chi connectivity index (χ1n) is 6.80. The first-order chi connectivity index (χ1) is 9.61. The van der Waals surface area contributed by atoms with Gasteiger partial charge < -0.3 is 14.5 Å². The summed E-state index contributed by atoms with van der Waals surface area (Å²) in [5, 5.41) is 3.25. The van der Waals surface area contributed by atoms with Crippen molar-refractivity contribution < 1.29 is 22.4 Å². The largest absolute Gasteiger partial charge is 0.465 e. The van der Waals surface area contributed by atoms with Gasteiger partial charge in [-0.25, -0.2) is 8.42 Å². The van der Waals surface area contributed by atoms with Gasteiger partial charge in [-0.1, -0.05) is 0 Å². The van der Waals surface area contributed by atoms with Gasteiger partial charge in [0.25, 0.3) is 0 Å². The fraction of sp³-hybridized carbons (Fsp3) is 0.643. The first-order valence-corrected chi connectivity index (χ1v) is 8.62. The van der Waals surface area contributed by atoms with Crippen molar-refractivity contribution in [1.82, 2.24) is 5.32 Å². The molecule has 1 heterocycles. The SMILES string of the molecule is CCOC(=O)CS(=O)(=O)Cc1ccc(CNC(C)(C)C)o1. The predicted octanol–water partition coefficient (Wildman–Crippen LogP) is 1.65. The number of rotatable bonds is 7. The van der Waals surface area contributed by atoms with Crippen LogP contribution in [0.25, 0.3) is 0 Å². The third-order valence-corrected chi connectivity index (χ3v) is 3.92. The van der Waals surface area contributed by atoms with Crippen LogP contribution < -0.4 is 5.32 Å². The quantitative estimate of drug-likeness (QED) is 0.770. The van der Waals surface area contributed by atoms with Crippen LogP contribution in [0.1, 0.15) is 39.2 Å². The molecule has 1 aromatic heterocycles. The van der Waals surface area contributed by atoms with E-state index in [0.29, 0.717) is 18.1 Å². The van der Waals surface area contributed by atoms with E-state index in [0.717, 1.165) is 0 Å². The first kappa shape index (κ1) is 17.7. The summed E-state index contributed by atoms with van der Waals surface area (Å²) in [7, 11) is -3.57. The van der Waals surface area contributed by atoms with Gasteiger partial charge in [0.1, 0.15) is 23.0 Å². The molecule has 1 N–H and O–H groups in total. The van der Waals surface area contributed by atoms with Crippen molar-refractivity contribution in [3.8, 4) is 0 Å². The van der Waals surface area contributed by atoms with Crippen molar-refractivity contribution in [2.45, 2.75) is 45.5 Å². The fourth-order valence-electron chi connectivity index (χ4n) is 1.60. The van der Waals surface area contributed by atoms with Gasteiger partial charge in [0.2, 0.25) is 0 Å². The molecule has 0 atom stereocenters. The Labute approximate surface area is 125 Å². The van der Waals surface area contributed by atoms with Crippen molar-refractivity contribution in [2.24, 2.45) is 0 Å². The minimum absolute atomic E-state index is 0.0526. The van der Waals surface area contributed by atoms with Gasteiger partial charge in [-0.15, -0.1) is 0 Å². The Balaban J connectivity index is 2.59. The maximum absolute atomic E-state index is 11.8. The molecule has 0 saturated carbocycles. The van der Waals surface area contributed by atoms with Crippen molar-refractivity contribution in [1.29, 1.82) is 0 Å². The van der Waals surface area contributed by atoms with E-state index >= 15 is 0 Å². The highest BCUT2D eigenvalue weighted by Gasteiger charge is 2.20. The summed E-state index contributed by atoms with van der Waals surface area (Å²) < 4.78 is 33.8. The van der Waals surface area contributed by atoms with Crippen LogP contribution in [0.5, 0.6) is 0 Å². The van der Waals surface area contributed by atoms with Crippen LogP contribution >= 0.6 is 0 Å². The van der Waals surface area contributed by atoms with Crippen LogP contribution in [0.4, 0.5) is 0 Å². The molecule has 7 heteroatoms. The third kappa shape index (κ3) is 7.29. The molecule has 0 aliphatic carbocycles. The summed E-state index contributed by atoms with van der Waals surface area (Å²) in [4.78, 5) is 11.2. The van der Waals surface area contributed by atoms with Crippen LogP contribution in [0.2, 0.25) is 0 Å². The van der Waals surface area contributed by atoms with Crippen molar-refractivity contribution in [3.05, 3.63) is 23.7 Å². The molecule has 0 radical (unpaired) electrons. The number of carbonyl (C=O) groups is 1. The smallest absolute Gasteiger partial charge is 0.321 e. The number of carbonyl (C=O) groups excluding carboxylic acids is 1. The van der Waals surface area contributed by atoms with E-state index in [2.05, 4.69) is 10.1 Å². The van der Waals surface area contributed by atoms with Gasteiger partial charge >= 0.3 is 5.97 Å². The highest BCUT2D eigenvalue weighted by molar-refractivity contribution is 7.91. The molecule has 21 heavy (non-hydrogen) atoms. The number of ether oxygens (including phenoxy) is 1. The fourth-order valence-corrected chi connectivity index (χ4v) is 2.73. The molecule has 0 aliphatic rings. The Morgan fingerprint density at radius 3 is 2.48 bits per heavy atom. The standard InChI is InChI=1S/C14H23NO5S/c1-5-19-13(16)10-21(17,18)9-12-7-6-11(20-12)8-15-14(2,3)4/h6-7,15H,5,8-10H2,1-4H3. The second kappa shape index (κ2) is 7.09. The summed E-state index contributed by atoms with van der Waals surface area (Å²) >= 11 is 0. The van der Waals surface area contributed by atoms with Crippen LogP contribution in [0.15, 0.2) is 16.5 Å². The Hall–Kier alpha value is -1.34. The lowest BCUT2D eigenvalue weighted by molar-refractivity contribution is -0.139. The van der Waals surface area contributed by atoms with Crippen LogP contribution in [-0.2, 0) is 31.7 Å². The number of furan rings is 1. The average Bonchev–Trinajstić information content (AvgIpc) is 2.71. The summed E-state index contributed by atoms with van der Waals surface area (Å²) in [5.74, 6) is -0.687. The van der Waals surface area contributed by atoms with E-state index in [1.807, 2.05) is 20.8 Å². The molecule has 120 valence electrons. The van der Waals surface area contributed by atoms with E-state index in [4.69, 9.17) is 4.42 Å². The van der Waals surface area contributed by atoms with Crippen LogP contribution in [-0.4, -0.2) is 32.3 Å². The van der Waals surface area contributed by atoms with Crippen molar-refractivity contribution >= 4 is 15.8 Å². The zero-order valence-corrected chi connectivity index (χ0v) is 13.7. The van der Waals surface area contributed by atoms with Crippen molar-refractivity contribution in [2.75, 3.05) is 12.4 Å². The predicted molar refractivity (Wildman–Crippen MR) is 79.4 cm³/mol. The molecule has 0 aliphatic heterocycles. The molecule has 6 nitrogen and oxygen atoms in total. The van der Waals surface area contributed by atoms with E-state index < -0.39 is 21.6 Å². The second-order valence-corrected chi connectivity index (χ2v) is 7.87. The molecule has 0 fully saturated rings. The summed E-state index contributed by atoms with van der Waals surface area (Å²) in [6.07, 6.45) is 0. The topological polar surface area (TPSA) is 85.6 Å². The molecule has 1 rings (SSSR count). The number of hydrogen-bond acceptors (Lipinski definition) is 6. The lowest BCUT2D eigenvalue weighted by atomic mass is 10.1. The van der Waals surface area contributed by atoms with Crippen molar-refractivity contribution in [3.63, 3.8) is 0 Å². The van der Waals surface area contributed by atoms with E-state index in [9.17, 15) is 13.2 Å². The molecule has 0 bridgehead atoms. The summed E-state index contributed by atoms with van der Waals surface area (Å²) in [5.41, 5.74) is -0.0526. The maximum atomic E-state index is 11.8. The van der Waals surface area contributed by atoms with Gasteiger partial charge in [-0.05, 0) is 39.8 Å². The molecular formula is C14H23NO5S. The third-order valence-electron chi connectivity index (χ3n) is 2.52. The minimum atomic E-state index is -3.57. The highest BCUT2D eigenvalue weighted by atomic mass is 32.2. The number of sulfone groups is 1. The van der Waals surface area contributed by atoms with Gasteiger partial charge in [0.15, 0.2) is 9.84 Å². The zero-order chi connectivity index (χ0) is 16.1. The zero-order valence-electron chi connectivity index (χ0n) is 12.9. The lowest BCUT2D eigenvalue weighted by Crippen LogP contribution is -2.34. The number of nitrogens with one attached hydrogen (secondary N) is 1. The van der Waals surface area contributed by atoms with Crippen LogP contribution in [0, 0.1) is 0 Å². The lowest BCUT2D eigenvalue weighted by Gasteiger charge is -2.19. The second-order valence-electron chi connectivity index (χ2n) is 5.81. The molecule has 0 saturated heterocycles. The van der Waals surface area contributed by atoms with E-state index in [1.54, 1.807) is 19.1 Å². The van der Waals surface area contributed by atoms with Gasteiger partial charge in [0.05, 0.1) is 13.2 Å². The van der Waals surface area contributed by atoms with Gasteiger partial charge in [0, 0.05) is 5.54 Å². The Bertz CT molecular complexity index is 568. The monoisotopic (exact) mass is 317 g/mol. The molecule has 0 amide bonds. The van der Waals surface area contributed by atoms with Crippen LogP contribution in [0.3, 0.4) is 0 Å². The normalized spacial score (nSPS) is 12.4. The highest BCUT2D eigenvalue weighted by Crippen LogP contribution is 2.13. The Morgan fingerprint density at radius 2 is 1.90 bits per heavy atom. The summed E-state index contributed by atoms with van der Waals surface area (Å²) in [6.45, 7) is 8.40. The van der Waals surface area contributed by atoms with Gasteiger partial charge in [-0.2, -0.15) is 0 Å². The molecule has 1 aromatic rings. The molecule has 0 spiro atoms. The maximum Gasteiger partial charge on any atom is 0.321 e. The molecule has 0 aromatic carbocycles. The molecular weight excluding hydrogens is 294 g/mol. The van der Waals surface area contributed by atoms with Gasteiger partial charge in [-0.3, -0.25) is 4.79 Å².